The molecule has 1 heterocycles. The van der Waals surface area contributed by atoms with Crippen molar-refractivity contribution >= 4 is 23.5 Å². The molecule has 0 radical (unpaired) electrons. The van der Waals surface area contributed by atoms with Crippen LogP contribution in [0, 0.1) is 0 Å². The number of esters is 1. The average molecular weight is 466 g/mol. The molecule has 0 aliphatic carbocycles. The van der Waals surface area contributed by atoms with E-state index >= 15 is 0 Å². The van der Waals surface area contributed by atoms with Crippen molar-refractivity contribution in [1.82, 2.24) is 4.90 Å². The summed E-state index contributed by atoms with van der Waals surface area (Å²) < 4.78 is 20.9. The average Bonchev–Trinajstić information content (AvgIpc) is 3.41. The molecule has 0 aliphatic heterocycles. The van der Waals surface area contributed by atoms with E-state index in [-0.39, 0.29) is 34.7 Å². The van der Waals surface area contributed by atoms with E-state index in [1.807, 2.05) is 37.3 Å². The normalized spacial score (nSPS) is 11.3. The predicted molar refractivity (Wildman–Crippen MR) is 124 cm³/mol. The summed E-state index contributed by atoms with van der Waals surface area (Å²) in [4.78, 5) is 39.5. The SMILES string of the molecule is COc1cc(NC(=O)c2ccco2)c(C(=O)OCC(=O)N(C)C(C)c2ccccc2)cc1OC. The predicted octanol–water partition coefficient (Wildman–Crippen LogP) is 3.93. The molecular weight excluding hydrogens is 440 g/mol. The van der Waals surface area contributed by atoms with Crippen molar-refractivity contribution in [3.8, 4) is 11.5 Å². The summed E-state index contributed by atoms with van der Waals surface area (Å²) >= 11 is 0. The summed E-state index contributed by atoms with van der Waals surface area (Å²) in [5, 5.41) is 2.61. The van der Waals surface area contributed by atoms with Crippen LogP contribution in [0.3, 0.4) is 0 Å². The summed E-state index contributed by atoms with van der Waals surface area (Å²) in [6, 6.07) is 15.1. The van der Waals surface area contributed by atoms with Gasteiger partial charge in [-0.25, -0.2) is 4.79 Å². The van der Waals surface area contributed by atoms with Gasteiger partial charge in [-0.05, 0) is 24.6 Å². The molecule has 2 amide bonds. The molecule has 1 unspecified atom stereocenters. The highest BCUT2D eigenvalue weighted by atomic mass is 16.5. The van der Waals surface area contributed by atoms with E-state index in [0.29, 0.717) is 5.75 Å². The molecule has 3 rings (SSSR count). The van der Waals surface area contributed by atoms with Crippen molar-refractivity contribution in [1.29, 1.82) is 0 Å². The number of rotatable bonds is 9. The maximum absolute atomic E-state index is 12.9. The standard InChI is InChI=1S/C25H26N2O7/c1-16(17-9-6-5-7-10-17)27(2)23(28)15-34-25(30)18-13-21(31-3)22(32-4)14-19(18)26-24(29)20-11-8-12-33-20/h5-14,16H,15H2,1-4H3,(H,26,29). The number of furan rings is 1. The van der Waals surface area contributed by atoms with Crippen LogP contribution in [0.1, 0.15) is 39.4 Å². The lowest BCUT2D eigenvalue weighted by molar-refractivity contribution is -0.135. The number of carbonyl (C=O) groups excluding carboxylic acids is 3. The number of nitrogens with zero attached hydrogens (tertiary/aromatic N) is 1. The van der Waals surface area contributed by atoms with Crippen molar-refractivity contribution in [2.45, 2.75) is 13.0 Å². The van der Waals surface area contributed by atoms with Gasteiger partial charge >= 0.3 is 5.97 Å². The number of hydrogen-bond acceptors (Lipinski definition) is 7. The highest BCUT2D eigenvalue weighted by Gasteiger charge is 2.23. The molecule has 1 aromatic heterocycles. The number of benzene rings is 2. The number of methoxy groups -OCH3 is 2. The Morgan fingerprint density at radius 2 is 1.68 bits per heavy atom. The first-order valence-electron chi connectivity index (χ1n) is 10.4. The fourth-order valence-corrected chi connectivity index (χ4v) is 3.22. The summed E-state index contributed by atoms with van der Waals surface area (Å²) in [5.74, 6) is -1.16. The molecule has 3 aromatic rings. The van der Waals surface area contributed by atoms with Gasteiger partial charge in [0, 0.05) is 19.2 Å². The lowest BCUT2D eigenvalue weighted by Gasteiger charge is -2.25. The Kier molecular flexibility index (Phi) is 7.92. The summed E-state index contributed by atoms with van der Waals surface area (Å²) in [6.45, 7) is 1.40. The molecule has 0 fully saturated rings. The van der Waals surface area contributed by atoms with Gasteiger partial charge in [0.1, 0.15) is 0 Å². The Bertz CT molecular complexity index is 1140. The van der Waals surface area contributed by atoms with Gasteiger partial charge in [-0.1, -0.05) is 30.3 Å². The first kappa shape index (κ1) is 24.4. The van der Waals surface area contributed by atoms with Crippen LogP contribution in [0.2, 0.25) is 0 Å². The quantitative estimate of drug-likeness (QED) is 0.476. The maximum Gasteiger partial charge on any atom is 0.340 e. The molecular formula is C25H26N2O7. The zero-order valence-electron chi connectivity index (χ0n) is 19.4. The largest absolute Gasteiger partial charge is 0.493 e. The van der Waals surface area contributed by atoms with E-state index < -0.39 is 18.5 Å². The highest BCUT2D eigenvalue weighted by Crippen LogP contribution is 2.34. The minimum Gasteiger partial charge on any atom is -0.493 e. The molecule has 2 aromatic carbocycles. The molecule has 178 valence electrons. The molecule has 1 N–H and O–H groups in total. The van der Waals surface area contributed by atoms with Crippen LogP contribution < -0.4 is 14.8 Å². The maximum atomic E-state index is 12.9. The molecule has 0 saturated carbocycles. The molecule has 9 heteroatoms. The van der Waals surface area contributed by atoms with Gasteiger partial charge in [0.25, 0.3) is 11.8 Å². The fraction of sp³-hybridized carbons (Fsp3) is 0.240. The Morgan fingerprint density at radius 3 is 2.29 bits per heavy atom. The molecule has 0 bridgehead atoms. The summed E-state index contributed by atoms with van der Waals surface area (Å²) in [5.41, 5.74) is 1.05. The Morgan fingerprint density at radius 1 is 1.00 bits per heavy atom. The van der Waals surface area contributed by atoms with Crippen molar-refractivity contribution < 1.29 is 33.0 Å². The number of carbonyl (C=O) groups is 3. The van der Waals surface area contributed by atoms with Gasteiger partial charge in [-0.15, -0.1) is 0 Å². The number of likely N-dealkylation sites (N-methyl/N-ethyl adjacent to an activating group) is 1. The number of anilines is 1. The molecule has 34 heavy (non-hydrogen) atoms. The van der Waals surface area contributed by atoms with E-state index in [9.17, 15) is 14.4 Å². The fourth-order valence-electron chi connectivity index (χ4n) is 3.22. The van der Waals surface area contributed by atoms with Gasteiger partial charge in [0.2, 0.25) is 0 Å². The van der Waals surface area contributed by atoms with Crippen LogP contribution in [0.25, 0.3) is 0 Å². The van der Waals surface area contributed by atoms with Crippen LogP contribution in [-0.4, -0.2) is 50.6 Å². The van der Waals surface area contributed by atoms with Gasteiger partial charge in [-0.2, -0.15) is 0 Å². The second-order valence-electron chi connectivity index (χ2n) is 7.35. The van der Waals surface area contributed by atoms with Crippen LogP contribution in [0.4, 0.5) is 5.69 Å². The zero-order chi connectivity index (χ0) is 24.7. The third-order valence-electron chi connectivity index (χ3n) is 5.32. The van der Waals surface area contributed by atoms with Crippen molar-refractivity contribution in [2.24, 2.45) is 0 Å². The minimum atomic E-state index is -0.815. The lowest BCUT2D eigenvalue weighted by atomic mass is 10.1. The third-order valence-corrected chi connectivity index (χ3v) is 5.32. The van der Waals surface area contributed by atoms with E-state index in [0.717, 1.165) is 5.56 Å². The van der Waals surface area contributed by atoms with E-state index in [2.05, 4.69) is 5.32 Å². The monoisotopic (exact) mass is 466 g/mol. The van der Waals surface area contributed by atoms with Crippen molar-refractivity contribution in [3.05, 3.63) is 77.7 Å². The number of ether oxygens (including phenoxy) is 3. The van der Waals surface area contributed by atoms with Crippen LogP contribution in [0.15, 0.2) is 65.3 Å². The Hall–Kier alpha value is -4.27. The second-order valence-corrected chi connectivity index (χ2v) is 7.35. The van der Waals surface area contributed by atoms with E-state index in [1.54, 1.807) is 13.1 Å². The number of amides is 2. The first-order chi connectivity index (χ1) is 16.3. The summed E-state index contributed by atoms with van der Waals surface area (Å²) in [7, 11) is 4.48. The molecule has 0 aliphatic rings. The Balaban J connectivity index is 1.77. The highest BCUT2D eigenvalue weighted by molar-refractivity contribution is 6.07. The smallest absolute Gasteiger partial charge is 0.340 e. The molecule has 1 atom stereocenters. The first-order valence-corrected chi connectivity index (χ1v) is 10.4. The third kappa shape index (κ3) is 5.55. The topological polar surface area (TPSA) is 107 Å². The summed E-state index contributed by atoms with van der Waals surface area (Å²) in [6.07, 6.45) is 1.36. The van der Waals surface area contributed by atoms with Gasteiger partial charge < -0.3 is 28.8 Å². The van der Waals surface area contributed by atoms with Gasteiger partial charge in [0.05, 0.1) is 37.8 Å². The van der Waals surface area contributed by atoms with Gasteiger partial charge in [-0.3, -0.25) is 9.59 Å². The second kappa shape index (κ2) is 11.0. The van der Waals surface area contributed by atoms with E-state index in [1.165, 1.54) is 43.6 Å². The molecule has 0 spiro atoms. The van der Waals surface area contributed by atoms with Crippen molar-refractivity contribution in [2.75, 3.05) is 33.2 Å². The van der Waals surface area contributed by atoms with Crippen LogP contribution in [-0.2, 0) is 9.53 Å². The lowest BCUT2D eigenvalue weighted by Crippen LogP contribution is -2.33. The zero-order valence-corrected chi connectivity index (χ0v) is 19.4. The van der Waals surface area contributed by atoms with Crippen LogP contribution in [0.5, 0.6) is 11.5 Å². The number of hydrogen-bond donors (Lipinski definition) is 1. The molecule has 9 nitrogen and oxygen atoms in total. The van der Waals surface area contributed by atoms with Gasteiger partial charge in [0.15, 0.2) is 23.9 Å². The van der Waals surface area contributed by atoms with Crippen molar-refractivity contribution in [3.63, 3.8) is 0 Å². The molecule has 0 saturated heterocycles. The minimum absolute atomic E-state index is 0.0101. The number of nitrogens with one attached hydrogen (secondary N) is 1. The van der Waals surface area contributed by atoms with E-state index in [4.69, 9.17) is 18.6 Å². The van der Waals surface area contributed by atoms with Crippen LogP contribution >= 0.6 is 0 Å². The Labute approximate surface area is 197 Å².